The molecule has 1 N–H and O–H groups in total. The molecule has 14 heteroatoms. The van der Waals surface area contributed by atoms with E-state index in [-0.39, 0.29) is 5.69 Å². The number of carbonyl (C=O) groups excluding carboxylic acids is 1. The molecule has 0 aliphatic carbocycles. The van der Waals surface area contributed by atoms with E-state index in [1.54, 1.807) is 18.2 Å². The van der Waals surface area contributed by atoms with Crippen molar-refractivity contribution in [1.82, 2.24) is 0 Å². The first-order chi connectivity index (χ1) is 22.2. The largest absolute Gasteiger partial charge is 0.417 e. The van der Waals surface area contributed by atoms with Gasteiger partial charge >= 0.3 is 12.4 Å². The molecular weight excluding hydrogens is 632 g/mol. The summed E-state index contributed by atoms with van der Waals surface area (Å²) in [6.45, 7) is 0. The average molecular weight is 652 g/mol. The highest BCUT2D eigenvalue weighted by molar-refractivity contribution is 6.13. The Kier molecular flexibility index (Phi) is 8.52. The lowest BCUT2D eigenvalue weighted by molar-refractivity contribution is -0.385. The Bertz CT molecular complexity index is 2030. The maximum Gasteiger partial charge on any atom is 0.417 e. The number of hydrogen-bond acceptors (Lipinski definition) is 5. The van der Waals surface area contributed by atoms with E-state index in [0.717, 1.165) is 54.6 Å². The van der Waals surface area contributed by atoms with Gasteiger partial charge in [-0.3, -0.25) is 25.0 Å². The molecule has 0 radical (unpaired) electrons. The number of hydrogen-bond donors (Lipinski definition) is 1. The van der Waals surface area contributed by atoms with Crippen LogP contribution in [-0.4, -0.2) is 15.8 Å². The predicted molar refractivity (Wildman–Crippen MR) is 160 cm³/mol. The van der Waals surface area contributed by atoms with Crippen LogP contribution < -0.4 is 5.32 Å². The summed E-state index contributed by atoms with van der Waals surface area (Å²) in [6.07, 6.45) is -10.1. The Morgan fingerprint density at radius 3 is 1.70 bits per heavy atom. The molecule has 0 heterocycles. The number of benzene rings is 5. The molecule has 8 nitrogen and oxygen atoms in total. The van der Waals surface area contributed by atoms with Gasteiger partial charge in [0.1, 0.15) is 0 Å². The van der Waals surface area contributed by atoms with E-state index in [1.807, 2.05) is 0 Å². The molecule has 0 saturated carbocycles. The van der Waals surface area contributed by atoms with Gasteiger partial charge in [0.15, 0.2) is 0 Å². The van der Waals surface area contributed by atoms with E-state index in [4.69, 9.17) is 0 Å². The zero-order chi connectivity index (χ0) is 34.1. The molecule has 0 spiro atoms. The minimum Gasteiger partial charge on any atom is -0.322 e. The van der Waals surface area contributed by atoms with Gasteiger partial charge in [-0.2, -0.15) is 26.3 Å². The summed E-state index contributed by atoms with van der Waals surface area (Å²) in [6, 6.07) is 19.9. The zero-order valence-corrected chi connectivity index (χ0v) is 23.6. The Labute approximate surface area is 261 Å². The highest BCUT2D eigenvalue weighted by Gasteiger charge is 2.38. The average Bonchev–Trinajstić information content (AvgIpc) is 3.03. The molecular formula is C33H19F6N3O5. The second-order valence-corrected chi connectivity index (χ2v) is 10.0. The molecule has 0 unspecified atom stereocenters. The van der Waals surface area contributed by atoms with E-state index in [1.165, 1.54) is 24.3 Å². The Morgan fingerprint density at radius 2 is 1.13 bits per heavy atom. The quantitative estimate of drug-likeness (QED) is 0.107. The summed E-state index contributed by atoms with van der Waals surface area (Å²) in [5.74, 6) is -0.988. The molecule has 238 valence electrons. The molecule has 0 aromatic heterocycles. The number of halogens is 6. The smallest absolute Gasteiger partial charge is 0.322 e. The van der Waals surface area contributed by atoms with Gasteiger partial charge in [-0.25, -0.2) is 0 Å². The van der Waals surface area contributed by atoms with E-state index >= 15 is 0 Å². The van der Waals surface area contributed by atoms with Gasteiger partial charge in [-0.15, -0.1) is 0 Å². The van der Waals surface area contributed by atoms with Crippen molar-refractivity contribution in [2.75, 3.05) is 5.32 Å². The molecule has 0 aliphatic rings. The number of rotatable bonds is 7. The number of nitrogens with zero attached hydrogens (tertiary/aromatic N) is 2. The van der Waals surface area contributed by atoms with Crippen LogP contribution in [0.1, 0.15) is 21.5 Å². The van der Waals surface area contributed by atoms with Crippen LogP contribution in [0, 0.1) is 20.2 Å². The summed E-state index contributed by atoms with van der Waals surface area (Å²) in [5, 5.41) is 26.7. The van der Waals surface area contributed by atoms with Crippen molar-refractivity contribution in [3.05, 3.63) is 146 Å². The molecule has 5 aromatic carbocycles. The lowest BCUT2D eigenvalue weighted by Crippen LogP contribution is -2.16. The summed E-state index contributed by atoms with van der Waals surface area (Å²) in [4.78, 5) is 36.1. The van der Waals surface area contributed by atoms with Gasteiger partial charge in [-0.1, -0.05) is 54.6 Å². The third-order valence-corrected chi connectivity index (χ3v) is 7.16. The zero-order valence-electron chi connectivity index (χ0n) is 23.6. The molecule has 47 heavy (non-hydrogen) atoms. The van der Waals surface area contributed by atoms with Crippen molar-refractivity contribution in [1.29, 1.82) is 0 Å². The van der Waals surface area contributed by atoms with Crippen LogP contribution in [0.5, 0.6) is 0 Å². The van der Waals surface area contributed by atoms with Gasteiger partial charge in [0, 0.05) is 35.0 Å². The van der Waals surface area contributed by atoms with Crippen LogP contribution in [0.15, 0.2) is 109 Å². The molecule has 0 bridgehead atoms. The van der Waals surface area contributed by atoms with Gasteiger partial charge in [0.05, 0.1) is 26.5 Å². The Hall–Kier alpha value is -6.05. The van der Waals surface area contributed by atoms with Gasteiger partial charge in [0.25, 0.3) is 17.3 Å². The fraction of sp³-hybridized carbons (Fsp3) is 0.0606. The lowest BCUT2D eigenvalue weighted by Gasteiger charge is -2.22. The molecule has 1 amide bonds. The summed E-state index contributed by atoms with van der Waals surface area (Å²) in [7, 11) is 0. The summed E-state index contributed by atoms with van der Waals surface area (Å²) < 4.78 is 86.0. The molecule has 0 saturated heterocycles. The maximum atomic E-state index is 14.4. The van der Waals surface area contributed by atoms with Crippen molar-refractivity contribution in [2.24, 2.45) is 0 Å². The second-order valence-electron chi connectivity index (χ2n) is 10.0. The van der Waals surface area contributed by atoms with Crippen molar-refractivity contribution in [2.45, 2.75) is 12.4 Å². The second kappa shape index (κ2) is 12.4. The van der Waals surface area contributed by atoms with E-state index < -0.39 is 89.6 Å². The minimum atomic E-state index is -5.05. The lowest BCUT2D eigenvalue weighted by atomic mass is 9.83. The standard InChI is InChI=1S/C33H19F6N3O5/c34-32(35,36)26-12-6-4-10-21(26)25-18-20(41(44)45)14-15-22(25)30-28(42(46)47)17-16-24(31(43)40-19-8-2-1-3-9-19)29(30)23-11-5-7-13-27(23)33(37,38)39/h1-18H,(H,40,43). The number of non-ortho nitro benzene ring substituents is 1. The molecule has 5 rings (SSSR count). The minimum absolute atomic E-state index is 0.225. The first-order valence-electron chi connectivity index (χ1n) is 13.5. The van der Waals surface area contributed by atoms with Crippen LogP contribution in [0.3, 0.4) is 0 Å². The number of para-hydroxylation sites is 1. The maximum absolute atomic E-state index is 14.4. The number of carbonyl (C=O) groups is 1. The molecule has 0 fully saturated rings. The van der Waals surface area contributed by atoms with E-state index in [0.29, 0.717) is 12.1 Å². The topological polar surface area (TPSA) is 115 Å². The van der Waals surface area contributed by atoms with Crippen LogP contribution in [-0.2, 0) is 12.4 Å². The summed E-state index contributed by atoms with van der Waals surface area (Å²) in [5.41, 5.74) is -7.99. The predicted octanol–water partition coefficient (Wildman–Crippen LogP) is 9.79. The van der Waals surface area contributed by atoms with Gasteiger partial charge in [0.2, 0.25) is 0 Å². The van der Waals surface area contributed by atoms with Crippen molar-refractivity contribution in [3.63, 3.8) is 0 Å². The first kappa shape index (κ1) is 32.3. The van der Waals surface area contributed by atoms with Crippen LogP contribution >= 0.6 is 0 Å². The number of nitro benzene ring substituents is 2. The molecule has 0 aliphatic heterocycles. The number of nitrogens with one attached hydrogen (secondary N) is 1. The fourth-order valence-electron chi connectivity index (χ4n) is 5.21. The Morgan fingerprint density at radius 1 is 0.574 bits per heavy atom. The number of anilines is 1. The summed E-state index contributed by atoms with van der Waals surface area (Å²) >= 11 is 0. The third-order valence-electron chi connectivity index (χ3n) is 7.16. The van der Waals surface area contributed by atoms with Crippen LogP contribution in [0.2, 0.25) is 0 Å². The van der Waals surface area contributed by atoms with Gasteiger partial charge in [-0.05, 0) is 58.7 Å². The van der Waals surface area contributed by atoms with E-state index in [2.05, 4.69) is 5.32 Å². The number of nitro groups is 2. The normalized spacial score (nSPS) is 11.6. The SMILES string of the molecule is O=C(Nc1ccccc1)c1ccc([N+](=O)[O-])c(-c2ccc([N+](=O)[O-])cc2-c2ccccc2C(F)(F)F)c1-c1ccccc1C(F)(F)F. The highest BCUT2D eigenvalue weighted by atomic mass is 19.4. The van der Waals surface area contributed by atoms with E-state index in [9.17, 15) is 51.4 Å². The number of alkyl halides is 6. The first-order valence-corrected chi connectivity index (χ1v) is 13.5. The highest BCUT2D eigenvalue weighted by Crippen LogP contribution is 2.50. The number of amides is 1. The van der Waals surface area contributed by atoms with Crippen LogP contribution in [0.4, 0.5) is 43.4 Å². The fourth-order valence-corrected chi connectivity index (χ4v) is 5.21. The monoisotopic (exact) mass is 651 g/mol. The molecule has 5 aromatic rings. The van der Waals surface area contributed by atoms with Crippen molar-refractivity contribution < 1.29 is 41.0 Å². The third kappa shape index (κ3) is 6.52. The van der Waals surface area contributed by atoms with Crippen molar-refractivity contribution in [3.8, 4) is 33.4 Å². The van der Waals surface area contributed by atoms with Crippen LogP contribution in [0.25, 0.3) is 33.4 Å². The Balaban J connectivity index is 1.97. The van der Waals surface area contributed by atoms with Gasteiger partial charge < -0.3 is 5.32 Å². The molecule has 0 atom stereocenters. The van der Waals surface area contributed by atoms with Crippen molar-refractivity contribution >= 4 is 23.0 Å².